The van der Waals surface area contributed by atoms with Gasteiger partial charge in [-0.05, 0) is 48.4 Å². The number of halogens is 2. The van der Waals surface area contributed by atoms with E-state index in [4.69, 9.17) is 9.15 Å². The lowest BCUT2D eigenvalue weighted by molar-refractivity contribution is -0.118. The van der Waals surface area contributed by atoms with Crippen molar-refractivity contribution in [2.24, 2.45) is 0 Å². The first-order valence-electron chi connectivity index (χ1n) is 8.49. The highest BCUT2D eigenvalue weighted by molar-refractivity contribution is 7.99. The smallest absolute Gasteiger partial charge is 0.336 e. The van der Waals surface area contributed by atoms with Gasteiger partial charge in [0.05, 0.1) is 0 Å². The van der Waals surface area contributed by atoms with Crippen LogP contribution in [0.5, 0.6) is 5.75 Å². The van der Waals surface area contributed by atoms with Crippen molar-refractivity contribution < 1.29 is 22.7 Å². The monoisotopic (exact) mass is 405 g/mol. The van der Waals surface area contributed by atoms with Crippen LogP contribution in [-0.2, 0) is 11.2 Å². The van der Waals surface area contributed by atoms with E-state index in [-0.39, 0.29) is 6.61 Å². The Bertz CT molecular complexity index is 1030. The van der Waals surface area contributed by atoms with Crippen molar-refractivity contribution in [1.29, 1.82) is 0 Å². The van der Waals surface area contributed by atoms with Gasteiger partial charge in [0.15, 0.2) is 6.61 Å². The number of nitrogens with one attached hydrogen (secondary N) is 1. The summed E-state index contributed by atoms with van der Waals surface area (Å²) in [6.45, 7) is 1.69. The summed E-state index contributed by atoms with van der Waals surface area (Å²) in [7, 11) is 0. The maximum atomic E-state index is 12.3. The molecule has 0 unspecified atom stereocenters. The van der Waals surface area contributed by atoms with E-state index in [1.807, 2.05) is 6.92 Å². The molecule has 0 aliphatic carbocycles. The van der Waals surface area contributed by atoms with E-state index >= 15 is 0 Å². The standard InChI is InChI=1S/C20H17F2NO4S/c1-2-12-9-19(25)27-17-10-14(5-8-16(12)17)26-11-18(24)23-13-3-6-15(7-4-13)28-20(21)22/h3-10,20H,2,11H2,1H3,(H,23,24). The molecule has 0 radical (unpaired) electrons. The average Bonchev–Trinajstić information content (AvgIpc) is 2.66. The van der Waals surface area contributed by atoms with Crippen molar-refractivity contribution in [3.63, 3.8) is 0 Å². The van der Waals surface area contributed by atoms with Gasteiger partial charge in [0.1, 0.15) is 11.3 Å². The maximum absolute atomic E-state index is 12.3. The third-order valence-corrected chi connectivity index (χ3v) is 4.64. The normalized spacial score (nSPS) is 11.0. The van der Waals surface area contributed by atoms with Gasteiger partial charge in [0.25, 0.3) is 11.7 Å². The molecule has 1 amide bonds. The molecule has 28 heavy (non-hydrogen) atoms. The van der Waals surface area contributed by atoms with Gasteiger partial charge in [-0.15, -0.1) is 0 Å². The number of fused-ring (bicyclic) bond motifs is 1. The van der Waals surface area contributed by atoms with Crippen molar-refractivity contribution in [1.82, 2.24) is 0 Å². The Labute approximate surface area is 163 Å². The van der Waals surface area contributed by atoms with Crippen molar-refractivity contribution in [2.75, 3.05) is 11.9 Å². The van der Waals surface area contributed by atoms with Crippen LogP contribution in [-0.4, -0.2) is 18.3 Å². The van der Waals surface area contributed by atoms with Crippen LogP contribution in [0.2, 0.25) is 0 Å². The molecule has 0 atom stereocenters. The zero-order valence-electron chi connectivity index (χ0n) is 14.9. The van der Waals surface area contributed by atoms with Crippen molar-refractivity contribution >= 4 is 34.3 Å². The van der Waals surface area contributed by atoms with Gasteiger partial charge in [0, 0.05) is 28.1 Å². The lowest BCUT2D eigenvalue weighted by Gasteiger charge is -2.09. The molecule has 0 fully saturated rings. The van der Waals surface area contributed by atoms with Crippen molar-refractivity contribution in [3.8, 4) is 5.75 Å². The summed E-state index contributed by atoms with van der Waals surface area (Å²) in [5, 5.41) is 3.44. The SMILES string of the molecule is CCc1cc(=O)oc2cc(OCC(=O)Nc3ccc(SC(F)F)cc3)ccc12. The minimum atomic E-state index is -2.49. The van der Waals surface area contributed by atoms with Gasteiger partial charge in [0.2, 0.25) is 0 Å². The highest BCUT2D eigenvalue weighted by Gasteiger charge is 2.09. The molecule has 146 valence electrons. The number of ether oxygens (including phenoxy) is 1. The number of thioether (sulfide) groups is 1. The zero-order valence-corrected chi connectivity index (χ0v) is 15.7. The van der Waals surface area contributed by atoms with E-state index in [1.165, 1.54) is 18.2 Å². The fraction of sp³-hybridized carbons (Fsp3) is 0.200. The number of anilines is 1. The molecule has 5 nitrogen and oxygen atoms in total. The molecule has 3 rings (SSSR count). The van der Waals surface area contributed by atoms with Crippen LogP contribution >= 0.6 is 11.8 Å². The number of hydrogen-bond donors (Lipinski definition) is 1. The van der Waals surface area contributed by atoms with Crippen LogP contribution in [0.25, 0.3) is 11.0 Å². The van der Waals surface area contributed by atoms with Gasteiger partial charge in [-0.3, -0.25) is 4.79 Å². The molecule has 1 N–H and O–H groups in total. The topological polar surface area (TPSA) is 68.5 Å². The first-order chi connectivity index (χ1) is 13.4. The van der Waals surface area contributed by atoms with E-state index in [0.29, 0.717) is 40.1 Å². The second-order valence-corrected chi connectivity index (χ2v) is 6.91. The van der Waals surface area contributed by atoms with Crippen molar-refractivity contribution in [3.05, 3.63) is 64.5 Å². The summed E-state index contributed by atoms with van der Waals surface area (Å²) in [6, 6.07) is 12.6. The molecule has 8 heteroatoms. The van der Waals surface area contributed by atoms with E-state index in [9.17, 15) is 18.4 Å². The van der Waals surface area contributed by atoms with Crippen LogP contribution in [0, 0.1) is 0 Å². The number of rotatable bonds is 7. The van der Waals surface area contributed by atoms with Crippen LogP contribution in [0.1, 0.15) is 12.5 Å². The Balaban J connectivity index is 1.62. The molecular weight excluding hydrogens is 388 g/mol. The predicted octanol–water partition coefficient (Wildman–Crippen LogP) is 4.69. The van der Waals surface area contributed by atoms with Gasteiger partial charge < -0.3 is 14.5 Å². The summed E-state index contributed by atoms with van der Waals surface area (Å²) < 4.78 is 35.3. The quantitative estimate of drug-likeness (QED) is 0.456. The minimum absolute atomic E-state index is 0.253. The summed E-state index contributed by atoms with van der Waals surface area (Å²) in [5.41, 5.74) is 1.32. The number of benzene rings is 2. The molecule has 0 aliphatic rings. The second-order valence-electron chi connectivity index (χ2n) is 5.84. The summed E-state index contributed by atoms with van der Waals surface area (Å²) in [5.74, 6) is -2.51. The van der Waals surface area contributed by atoms with E-state index < -0.39 is 17.3 Å². The number of aryl methyl sites for hydroxylation is 1. The third-order valence-electron chi connectivity index (χ3n) is 3.92. The Kier molecular flexibility index (Phi) is 6.30. The minimum Gasteiger partial charge on any atom is -0.484 e. The van der Waals surface area contributed by atoms with E-state index in [1.54, 1.807) is 30.3 Å². The van der Waals surface area contributed by atoms with Gasteiger partial charge in [-0.25, -0.2) is 4.79 Å². The molecule has 1 aromatic heterocycles. The Morgan fingerprint density at radius 1 is 1.18 bits per heavy atom. The Morgan fingerprint density at radius 3 is 2.61 bits per heavy atom. The lowest BCUT2D eigenvalue weighted by atomic mass is 10.1. The lowest BCUT2D eigenvalue weighted by Crippen LogP contribution is -2.20. The van der Waals surface area contributed by atoms with E-state index in [0.717, 1.165) is 10.9 Å². The van der Waals surface area contributed by atoms with Gasteiger partial charge >= 0.3 is 5.63 Å². The number of carbonyl (C=O) groups is 1. The molecule has 0 aliphatic heterocycles. The molecule has 0 spiro atoms. The second kappa shape index (κ2) is 8.88. The number of hydrogen-bond acceptors (Lipinski definition) is 5. The summed E-state index contributed by atoms with van der Waals surface area (Å²) >= 11 is 0.436. The fourth-order valence-corrected chi connectivity index (χ4v) is 3.16. The molecule has 0 bridgehead atoms. The highest BCUT2D eigenvalue weighted by atomic mass is 32.2. The average molecular weight is 405 g/mol. The molecule has 3 aromatic rings. The number of amides is 1. The summed E-state index contributed by atoms with van der Waals surface area (Å²) in [6.07, 6.45) is 0.694. The first-order valence-corrected chi connectivity index (χ1v) is 9.37. The van der Waals surface area contributed by atoms with Crippen LogP contribution in [0.3, 0.4) is 0 Å². The molecule has 0 saturated carbocycles. The Morgan fingerprint density at radius 2 is 1.93 bits per heavy atom. The van der Waals surface area contributed by atoms with Gasteiger partial charge in [-0.2, -0.15) is 8.78 Å². The zero-order chi connectivity index (χ0) is 20.1. The molecular formula is C20H17F2NO4S. The summed E-state index contributed by atoms with van der Waals surface area (Å²) in [4.78, 5) is 24.1. The predicted molar refractivity (Wildman–Crippen MR) is 104 cm³/mol. The van der Waals surface area contributed by atoms with E-state index in [2.05, 4.69) is 5.32 Å². The highest BCUT2D eigenvalue weighted by Crippen LogP contribution is 2.26. The third kappa shape index (κ3) is 5.10. The van der Waals surface area contributed by atoms with Gasteiger partial charge in [-0.1, -0.05) is 18.7 Å². The largest absolute Gasteiger partial charge is 0.484 e. The molecule has 2 aromatic carbocycles. The van der Waals surface area contributed by atoms with Crippen LogP contribution in [0.4, 0.5) is 14.5 Å². The number of alkyl halides is 2. The Hall–Kier alpha value is -2.87. The first kappa shape index (κ1) is 19.9. The molecule has 1 heterocycles. The molecule has 0 saturated heterocycles. The van der Waals surface area contributed by atoms with Crippen molar-refractivity contribution in [2.45, 2.75) is 24.0 Å². The fourth-order valence-electron chi connectivity index (χ4n) is 2.66. The number of carbonyl (C=O) groups excluding carboxylic acids is 1. The van der Waals surface area contributed by atoms with Crippen LogP contribution < -0.4 is 15.7 Å². The van der Waals surface area contributed by atoms with Crippen LogP contribution in [0.15, 0.2) is 62.6 Å². The maximum Gasteiger partial charge on any atom is 0.336 e.